The zero-order chi connectivity index (χ0) is 103. The van der Waals surface area contributed by atoms with Crippen LogP contribution in [0, 0.1) is 52.2 Å². The number of halogens is 5. The number of alkyl halides is 3. The number of aryl methyl sites for hydroxylation is 4. The minimum atomic E-state index is -4.93. The maximum atomic E-state index is 13.9. The fourth-order valence-corrected chi connectivity index (χ4v) is 13.5. The van der Waals surface area contributed by atoms with Crippen molar-refractivity contribution in [2.24, 2.45) is 0 Å². The molecule has 0 unspecified atom stereocenters. The lowest BCUT2D eigenvalue weighted by atomic mass is 10.0. The second-order valence-corrected chi connectivity index (χ2v) is 30.6. The fraction of sp³-hybridized carbons (Fsp3) is 0.168. The highest BCUT2D eigenvalue weighted by atomic mass is 35.5. The maximum absolute atomic E-state index is 13.9. The SMILES string of the molecule is C#Cc1ccc(NC(=O)c2ccccc2C(=O)O)cc1OC.CC(=O)c1ccccc1C(=O)Nc1ccc(OC(F)(F)F)c(C#N)c1.CCCCc1ccc(NC(=O)c2ccccc2C(=O)O)c(C#N)c1.CCCCc1ccc(NC(=O)c2ccccc2C(=O)O)cc1C#N.CCCCc1ccc(NC(=O)c2ccccc2C(=O)O)cc1Cl.O=C(O)c1ccccc1C(=O)Nc1ccc(CCCO)c(F)c1. The van der Waals surface area contributed by atoms with E-state index in [1.807, 2.05) is 18.2 Å². The molecule has 0 radical (unpaired) electrons. The van der Waals surface area contributed by atoms with E-state index in [9.17, 15) is 85.6 Å². The molecule has 12 aromatic rings. The van der Waals surface area contributed by atoms with Crippen molar-refractivity contribution < 1.29 is 115 Å². The number of benzene rings is 12. The first-order valence-electron chi connectivity index (χ1n) is 43.2. The number of terminal acetylenes is 1. The van der Waals surface area contributed by atoms with Gasteiger partial charge in [0.15, 0.2) is 5.78 Å². The first-order chi connectivity index (χ1) is 67.4. The first kappa shape index (κ1) is 110. The number of carbonyl (C=O) groups is 12. The smallest absolute Gasteiger partial charge is 0.495 e. The van der Waals surface area contributed by atoms with E-state index in [-0.39, 0.29) is 90.5 Å². The second-order valence-electron chi connectivity index (χ2n) is 30.2. The Morgan fingerprint density at radius 1 is 0.362 bits per heavy atom. The Morgan fingerprint density at radius 2 is 0.688 bits per heavy atom. The van der Waals surface area contributed by atoms with E-state index >= 15 is 0 Å². The summed E-state index contributed by atoms with van der Waals surface area (Å²) in [5.41, 5.74) is 7.02. The Bertz CT molecular complexity index is 6670. The lowest BCUT2D eigenvalue weighted by Crippen LogP contribution is -2.18. The first-order valence-corrected chi connectivity index (χ1v) is 43.6. The van der Waals surface area contributed by atoms with Crippen LogP contribution in [0.2, 0.25) is 5.02 Å². The molecule has 0 aromatic heterocycles. The van der Waals surface area contributed by atoms with Crippen molar-refractivity contribution >= 4 is 117 Å². The van der Waals surface area contributed by atoms with Gasteiger partial charge in [-0.3, -0.25) is 33.6 Å². The van der Waals surface area contributed by atoms with E-state index in [0.29, 0.717) is 68.6 Å². The summed E-state index contributed by atoms with van der Waals surface area (Å²) < 4.78 is 59.6. The van der Waals surface area contributed by atoms with E-state index in [1.54, 1.807) is 127 Å². The van der Waals surface area contributed by atoms with Crippen LogP contribution in [0.3, 0.4) is 0 Å². The number of carbonyl (C=O) groups excluding carboxylic acids is 7. The van der Waals surface area contributed by atoms with Gasteiger partial charge < -0.3 is 72.0 Å². The predicted octanol–water partition coefficient (Wildman–Crippen LogP) is 21.6. The molecule has 34 heteroatoms. The quantitative estimate of drug-likeness (QED) is 0.0106. The molecule has 0 spiro atoms. The van der Waals surface area contributed by atoms with Gasteiger partial charge in [-0.1, -0.05) is 161 Å². The summed E-state index contributed by atoms with van der Waals surface area (Å²) in [7, 11) is 1.47. The number of rotatable bonds is 32. The number of unbranched alkanes of at least 4 members (excludes halogenated alkanes) is 3. The van der Waals surface area contributed by atoms with Gasteiger partial charge in [0.2, 0.25) is 0 Å². The summed E-state index contributed by atoms with van der Waals surface area (Å²) in [6, 6.07) is 69.8. The average molecular weight is 1940 g/mol. The molecule has 0 atom stereocenters. The number of ether oxygens (including phenoxy) is 2. The molecule has 29 nitrogen and oxygen atoms in total. The molecule has 12 rings (SSSR count). The summed E-state index contributed by atoms with van der Waals surface area (Å²) >= 11 is 6.23. The number of hydrogen-bond donors (Lipinski definition) is 12. The molecule has 12 aromatic carbocycles. The number of ketones is 1. The number of amides is 6. The van der Waals surface area contributed by atoms with Crippen molar-refractivity contribution in [3.05, 3.63) is 377 Å². The molecule has 722 valence electrons. The standard InChI is InChI=1S/2C19H18N2O3.C18H18ClNO3.C17H11F3N2O3.C17H16FNO4.C17H13NO4/c1-2-3-6-13-9-10-15(11-14(13)12-20)21-18(22)16-7-4-5-8-17(16)19(23)24;1-2-3-6-13-9-10-17(14(11-13)12-20)21-18(22)15-7-4-5-8-16(15)19(23)24;1-2-3-6-12-9-10-13(11-16(12)19)20-17(21)14-7-4-5-8-15(14)18(22)23;1-10(23)13-4-2-3-5-14(13)16(24)22-12-6-7-15(11(8-12)9-21)25-17(18,19)20;18-15-10-12(8-7-11(15)4-3-9-20)19-16(21)13-5-1-2-6-14(13)17(22)23;1-3-11-8-9-12(10-15(11)22-2)18-16(19)13-6-4-5-7-14(13)17(20)21/h2*4-5,7-11H,2-3,6H2,1H3,(H,21,22)(H,23,24);4-5,7-11H,2-3,6H2,1H3,(H,20,21)(H,22,23);2-8H,1H3,(H,22,24);1-2,5-8,10,20H,3-4,9H2,(H,19,21)(H,22,23);1,4-10H,2H3,(H,18,19)(H,20,21). The Kier molecular flexibility index (Phi) is 43.1. The normalized spacial score (nSPS) is 10.2. The monoisotopic (exact) mass is 1940 g/mol. The molecular formula is C107H94ClF4N9O20. The fourth-order valence-electron chi connectivity index (χ4n) is 13.3. The third-order valence-corrected chi connectivity index (χ3v) is 20.7. The van der Waals surface area contributed by atoms with Gasteiger partial charge >= 0.3 is 36.2 Å². The Labute approximate surface area is 812 Å². The molecule has 0 aliphatic rings. The van der Waals surface area contributed by atoms with Crippen LogP contribution in [0.15, 0.2) is 255 Å². The Hall–Kier alpha value is -17.9. The van der Waals surface area contributed by atoms with E-state index in [0.717, 1.165) is 92.7 Å². The van der Waals surface area contributed by atoms with Gasteiger partial charge in [0, 0.05) is 51.7 Å². The van der Waals surface area contributed by atoms with E-state index in [1.165, 1.54) is 111 Å². The number of aromatic carboxylic acids is 5. The number of methoxy groups -OCH3 is 1. The van der Waals surface area contributed by atoms with Gasteiger partial charge in [0.25, 0.3) is 35.4 Å². The van der Waals surface area contributed by atoms with Crippen molar-refractivity contribution in [3.63, 3.8) is 0 Å². The minimum Gasteiger partial charge on any atom is -0.495 e. The number of carboxylic acid groups (broad SMARTS) is 5. The number of nitrogens with one attached hydrogen (secondary N) is 6. The number of carboxylic acids is 5. The Balaban J connectivity index is 0.000000230. The van der Waals surface area contributed by atoms with Crippen LogP contribution in [0.25, 0.3) is 0 Å². The van der Waals surface area contributed by atoms with Crippen molar-refractivity contribution in [3.8, 4) is 42.1 Å². The second kappa shape index (κ2) is 55.2. The maximum Gasteiger partial charge on any atom is 0.573 e. The van der Waals surface area contributed by atoms with Crippen LogP contribution >= 0.6 is 11.6 Å². The molecule has 0 aliphatic heterocycles. The summed E-state index contributed by atoms with van der Waals surface area (Å²) in [4.78, 5) is 141. The number of hydrogen-bond acceptors (Lipinski definition) is 18. The minimum absolute atomic E-state index is 0.00441. The Morgan fingerprint density at radius 3 is 1.05 bits per heavy atom. The summed E-state index contributed by atoms with van der Waals surface area (Å²) in [6.45, 7) is 7.58. The number of nitrogens with zero attached hydrogens (tertiary/aromatic N) is 3. The zero-order valence-corrected chi connectivity index (χ0v) is 77.2. The molecule has 0 heterocycles. The molecule has 6 amide bonds. The number of nitriles is 3. The van der Waals surface area contributed by atoms with Crippen LogP contribution in [0.5, 0.6) is 11.5 Å². The summed E-state index contributed by atoms with van der Waals surface area (Å²) in [5, 5.41) is 98.1. The van der Waals surface area contributed by atoms with Crippen molar-refractivity contribution in [1.82, 2.24) is 0 Å². The lowest BCUT2D eigenvalue weighted by Gasteiger charge is -2.12. The third-order valence-electron chi connectivity index (χ3n) is 20.3. The number of aliphatic hydroxyl groups excluding tert-OH is 1. The number of Topliss-reactive ketones (excluding diaryl/α,β-unsaturated/α-hetero) is 1. The third kappa shape index (κ3) is 33.5. The highest BCUT2D eigenvalue weighted by Crippen LogP contribution is 2.32. The van der Waals surface area contributed by atoms with Gasteiger partial charge in [-0.25, -0.2) is 28.4 Å². The van der Waals surface area contributed by atoms with Crippen molar-refractivity contribution in [2.75, 3.05) is 45.6 Å². The number of aliphatic hydroxyl groups is 1. The average Bonchev–Trinajstić information content (AvgIpc) is 0.814. The van der Waals surface area contributed by atoms with E-state index < -0.39 is 88.8 Å². The van der Waals surface area contributed by atoms with Gasteiger partial charge in [-0.15, -0.1) is 19.6 Å². The molecule has 0 aliphatic carbocycles. The van der Waals surface area contributed by atoms with Crippen LogP contribution < -0.4 is 41.4 Å². The predicted molar refractivity (Wildman–Crippen MR) is 521 cm³/mol. The zero-order valence-electron chi connectivity index (χ0n) is 76.4. The lowest BCUT2D eigenvalue weighted by molar-refractivity contribution is -0.274. The highest BCUT2D eigenvalue weighted by molar-refractivity contribution is 6.31. The van der Waals surface area contributed by atoms with Crippen LogP contribution in [0.1, 0.15) is 241 Å². The van der Waals surface area contributed by atoms with Crippen molar-refractivity contribution in [2.45, 2.75) is 105 Å². The largest absolute Gasteiger partial charge is 0.573 e. The van der Waals surface area contributed by atoms with Crippen LogP contribution in [0.4, 0.5) is 51.7 Å². The highest BCUT2D eigenvalue weighted by Gasteiger charge is 2.33. The molecule has 12 N–H and O–H groups in total. The van der Waals surface area contributed by atoms with E-state index in [2.05, 4.69) is 75.5 Å². The molecular weight excluding hydrogens is 1840 g/mol. The van der Waals surface area contributed by atoms with Crippen LogP contribution in [-0.4, -0.2) is 122 Å². The number of anilines is 6. The summed E-state index contributed by atoms with van der Waals surface area (Å²) in [5.74, 6) is -7.68. The topological polar surface area (TPSA) is 488 Å². The molecule has 141 heavy (non-hydrogen) atoms. The van der Waals surface area contributed by atoms with Crippen molar-refractivity contribution in [1.29, 1.82) is 15.8 Å². The molecule has 0 saturated carbocycles. The van der Waals surface area contributed by atoms with Gasteiger partial charge in [-0.05, 0) is 226 Å². The van der Waals surface area contributed by atoms with Crippen LogP contribution in [-0.2, 0) is 25.7 Å². The van der Waals surface area contributed by atoms with E-state index in [4.69, 9.17) is 58.7 Å². The summed E-state index contributed by atoms with van der Waals surface area (Å²) in [6.07, 6.45) is 10.1. The van der Waals surface area contributed by atoms with Gasteiger partial charge in [0.1, 0.15) is 29.5 Å². The van der Waals surface area contributed by atoms with Gasteiger partial charge in [0.05, 0.1) is 102 Å². The van der Waals surface area contributed by atoms with Gasteiger partial charge in [-0.2, -0.15) is 15.8 Å². The molecule has 0 bridgehead atoms. The molecule has 0 saturated heterocycles. The molecule has 0 fully saturated rings.